The largest absolute Gasteiger partial charge is 0.376 e. The highest BCUT2D eigenvalue weighted by molar-refractivity contribution is 5.97. The zero-order chi connectivity index (χ0) is 12.5. The van der Waals surface area contributed by atoms with Crippen LogP contribution in [0.4, 0.5) is 0 Å². The quantitative estimate of drug-likeness (QED) is 0.768. The maximum absolute atomic E-state index is 12.4. The molecule has 2 atom stereocenters. The molecule has 18 heavy (non-hydrogen) atoms. The highest BCUT2D eigenvalue weighted by atomic mass is 16.5. The van der Waals surface area contributed by atoms with Crippen molar-refractivity contribution in [3.63, 3.8) is 0 Å². The zero-order valence-electron chi connectivity index (χ0n) is 11.0. The Morgan fingerprint density at radius 1 is 1.33 bits per heavy atom. The van der Waals surface area contributed by atoms with Crippen molar-refractivity contribution in [3.8, 4) is 0 Å². The minimum absolute atomic E-state index is 0.128. The molecule has 0 saturated carbocycles. The van der Waals surface area contributed by atoms with E-state index in [2.05, 4.69) is 0 Å². The lowest BCUT2D eigenvalue weighted by Gasteiger charge is -2.28. The molecular weight excluding hydrogens is 230 g/mol. The number of carbonyl (C=O) groups excluding carboxylic acids is 1. The van der Waals surface area contributed by atoms with Crippen molar-refractivity contribution in [1.82, 2.24) is 4.90 Å². The number of carbonyl (C=O) groups is 1. The van der Waals surface area contributed by atoms with Crippen LogP contribution in [0.25, 0.3) is 0 Å². The number of nitrogens with zero attached hydrogens (tertiary/aromatic N) is 1. The Kier molecular flexibility index (Phi) is 3.39. The molecular formula is C14H21NO3. The molecule has 2 heterocycles. The summed E-state index contributed by atoms with van der Waals surface area (Å²) in [6.07, 6.45) is 6.50. The highest BCUT2D eigenvalue weighted by Gasteiger charge is 2.41. The molecule has 0 aromatic rings. The standard InChI is InChI=1S/C14H21NO3/c1-17-14-12-7-3-2-6-11(12)13(16)15(14)9-10-5-4-8-18-10/h10,14H,2-9H2,1H3/t10-,14+/m0/s1. The summed E-state index contributed by atoms with van der Waals surface area (Å²) in [6, 6.07) is 0. The van der Waals surface area contributed by atoms with E-state index in [9.17, 15) is 4.79 Å². The number of methoxy groups -OCH3 is 1. The summed E-state index contributed by atoms with van der Waals surface area (Å²) in [5.41, 5.74) is 2.25. The van der Waals surface area contributed by atoms with E-state index in [1.807, 2.05) is 4.90 Å². The normalized spacial score (nSPS) is 32.3. The molecule has 3 rings (SSSR count). The van der Waals surface area contributed by atoms with Crippen molar-refractivity contribution in [2.75, 3.05) is 20.3 Å². The maximum atomic E-state index is 12.4. The summed E-state index contributed by atoms with van der Waals surface area (Å²) in [7, 11) is 1.70. The second-order valence-corrected chi connectivity index (χ2v) is 5.39. The van der Waals surface area contributed by atoms with Gasteiger partial charge in [-0.05, 0) is 44.1 Å². The molecule has 1 saturated heterocycles. The van der Waals surface area contributed by atoms with Gasteiger partial charge in [0.05, 0.1) is 12.6 Å². The van der Waals surface area contributed by atoms with Gasteiger partial charge in [-0.2, -0.15) is 0 Å². The van der Waals surface area contributed by atoms with Crippen LogP contribution in [0, 0.1) is 0 Å². The van der Waals surface area contributed by atoms with Gasteiger partial charge in [0, 0.05) is 19.3 Å². The Morgan fingerprint density at radius 2 is 2.17 bits per heavy atom. The smallest absolute Gasteiger partial charge is 0.252 e. The Labute approximate surface area is 108 Å². The fourth-order valence-corrected chi connectivity index (χ4v) is 3.37. The third kappa shape index (κ3) is 1.97. The molecule has 0 bridgehead atoms. The van der Waals surface area contributed by atoms with E-state index < -0.39 is 0 Å². The SMILES string of the molecule is CO[C@@H]1C2=C(CCCC2)C(=O)N1C[C@@H]1CCCO1. The van der Waals surface area contributed by atoms with Crippen LogP contribution in [0.2, 0.25) is 0 Å². The fourth-order valence-electron chi connectivity index (χ4n) is 3.37. The van der Waals surface area contributed by atoms with Gasteiger partial charge in [0.1, 0.15) is 0 Å². The van der Waals surface area contributed by atoms with Gasteiger partial charge >= 0.3 is 0 Å². The Morgan fingerprint density at radius 3 is 2.89 bits per heavy atom. The van der Waals surface area contributed by atoms with Gasteiger partial charge in [0.15, 0.2) is 6.23 Å². The van der Waals surface area contributed by atoms with Gasteiger partial charge in [-0.25, -0.2) is 0 Å². The van der Waals surface area contributed by atoms with Crippen molar-refractivity contribution in [2.24, 2.45) is 0 Å². The fraction of sp³-hybridized carbons (Fsp3) is 0.786. The number of hydrogen-bond donors (Lipinski definition) is 0. The first-order valence-electron chi connectivity index (χ1n) is 6.98. The van der Waals surface area contributed by atoms with E-state index in [1.165, 1.54) is 12.0 Å². The molecule has 4 nitrogen and oxygen atoms in total. The van der Waals surface area contributed by atoms with Crippen molar-refractivity contribution in [1.29, 1.82) is 0 Å². The predicted octanol–water partition coefficient (Wildman–Crippen LogP) is 1.85. The van der Waals surface area contributed by atoms with Crippen molar-refractivity contribution in [3.05, 3.63) is 11.1 Å². The van der Waals surface area contributed by atoms with Crippen LogP contribution in [0.3, 0.4) is 0 Å². The summed E-state index contributed by atoms with van der Waals surface area (Å²) in [4.78, 5) is 14.3. The molecule has 3 aliphatic rings. The predicted molar refractivity (Wildman–Crippen MR) is 67.0 cm³/mol. The van der Waals surface area contributed by atoms with Gasteiger partial charge < -0.3 is 14.4 Å². The third-order valence-electron chi connectivity index (χ3n) is 4.26. The average molecular weight is 251 g/mol. The molecule has 1 amide bonds. The van der Waals surface area contributed by atoms with E-state index >= 15 is 0 Å². The Hall–Kier alpha value is -0.870. The van der Waals surface area contributed by atoms with Crippen LogP contribution in [0.15, 0.2) is 11.1 Å². The highest BCUT2D eigenvalue weighted by Crippen LogP contribution is 2.37. The molecule has 1 fully saturated rings. The summed E-state index contributed by atoms with van der Waals surface area (Å²) < 4.78 is 11.2. The van der Waals surface area contributed by atoms with E-state index in [-0.39, 0.29) is 18.2 Å². The summed E-state index contributed by atoms with van der Waals surface area (Å²) in [5.74, 6) is 0.187. The summed E-state index contributed by atoms with van der Waals surface area (Å²) in [6.45, 7) is 1.52. The van der Waals surface area contributed by atoms with Gasteiger partial charge in [0.2, 0.25) is 0 Å². The zero-order valence-corrected chi connectivity index (χ0v) is 11.0. The lowest BCUT2D eigenvalue weighted by atomic mass is 9.93. The maximum Gasteiger partial charge on any atom is 0.252 e. The van der Waals surface area contributed by atoms with Gasteiger partial charge in [-0.1, -0.05) is 0 Å². The van der Waals surface area contributed by atoms with E-state index in [0.717, 1.165) is 44.3 Å². The number of hydrogen-bond acceptors (Lipinski definition) is 3. The molecule has 2 aliphatic heterocycles. The second-order valence-electron chi connectivity index (χ2n) is 5.39. The van der Waals surface area contributed by atoms with E-state index in [1.54, 1.807) is 7.11 Å². The molecule has 0 aromatic heterocycles. The van der Waals surface area contributed by atoms with Crippen LogP contribution < -0.4 is 0 Å². The number of rotatable bonds is 3. The third-order valence-corrected chi connectivity index (χ3v) is 4.26. The molecule has 0 radical (unpaired) electrons. The van der Waals surface area contributed by atoms with Gasteiger partial charge in [0.25, 0.3) is 5.91 Å². The topological polar surface area (TPSA) is 38.8 Å². The first-order chi connectivity index (χ1) is 8.81. The molecule has 0 unspecified atom stereocenters. The lowest BCUT2D eigenvalue weighted by Crippen LogP contribution is -2.41. The van der Waals surface area contributed by atoms with Crippen molar-refractivity contribution < 1.29 is 14.3 Å². The first kappa shape index (κ1) is 12.2. The Bertz CT molecular complexity index is 371. The Balaban J connectivity index is 1.76. The second kappa shape index (κ2) is 5.02. The summed E-state index contributed by atoms with van der Waals surface area (Å²) >= 11 is 0. The van der Waals surface area contributed by atoms with Crippen LogP contribution >= 0.6 is 0 Å². The number of ether oxygens (including phenoxy) is 2. The lowest BCUT2D eigenvalue weighted by molar-refractivity contribution is -0.136. The van der Waals surface area contributed by atoms with Gasteiger partial charge in [-0.15, -0.1) is 0 Å². The molecule has 4 heteroatoms. The van der Waals surface area contributed by atoms with Crippen LogP contribution in [-0.2, 0) is 14.3 Å². The van der Waals surface area contributed by atoms with Crippen LogP contribution in [0.5, 0.6) is 0 Å². The van der Waals surface area contributed by atoms with Crippen molar-refractivity contribution in [2.45, 2.75) is 50.9 Å². The minimum atomic E-state index is -0.128. The molecule has 1 aliphatic carbocycles. The van der Waals surface area contributed by atoms with Gasteiger partial charge in [-0.3, -0.25) is 4.79 Å². The van der Waals surface area contributed by atoms with E-state index in [0.29, 0.717) is 6.54 Å². The molecule has 0 aromatic carbocycles. The summed E-state index contributed by atoms with van der Waals surface area (Å²) in [5, 5.41) is 0. The monoisotopic (exact) mass is 251 g/mol. The molecule has 0 N–H and O–H groups in total. The van der Waals surface area contributed by atoms with Crippen molar-refractivity contribution >= 4 is 5.91 Å². The number of amides is 1. The van der Waals surface area contributed by atoms with E-state index in [4.69, 9.17) is 9.47 Å². The molecule has 100 valence electrons. The average Bonchev–Trinajstić information content (AvgIpc) is 2.99. The van der Waals surface area contributed by atoms with Crippen LogP contribution in [-0.4, -0.2) is 43.4 Å². The molecule has 0 spiro atoms. The first-order valence-corrected chi connectivity index (χ1v) is 6.98. The minimum Gasteiger partial charge on any atom is -0.376 e. The van der Waals surface area contributed by atoms with Crippen LogP contribution in [0.1, 0.15) is 38.5 Å².